The van der Waals surface area contributed by atoms with E-state index in [2.05, 4.69) is 13.8 Å². The van der Waals surface area contributed by atoms with Crippen molar-refractivity contribution in [2.24, 2.45) is 5.73 Å². The van der Waals surface area contributed by atoms with Crippen LogP contribution in [0.15, 0.2) is 12.1 Å². The summed E-state index contributed by atoms with van der Waals surface area (Å²) in [6, 6.07) is 3.28. The van der Waals surface area contributed by atoms with E-state index in [0.29, 0.717) is 16.7 Å². The summed E-state index contributed by atoms with van der Waals surface area (Å²) >= 11 is 6.12. The third-order valence-electron chi connectivity index (χ3n) is 2.55. The maximum atomic E-state index is 9.04. The van der Waals surface area contributed by atoms with Crippen molar-refractivity contribution >= 4 is 11.6 Å². The fourth-order valence-electron chi connectivity index (χ4n) is 1.60. The molecule has 1 aromatic rings. The van der Waals surface area contributed by atoms with Gasteiger partial charge in [0, 0.05) is 0 Å². The number of aliphatic hydroxyl groups is 1. The van der Waals surface area contributed by atoms with Gasteiger partial charge in [-0.2, -0.15) is 0 Å². The van der Waals surface area contributed by atoms with E-state index in [1.54, 1.807) is 13.2 Å². The van der Waals surface area contributed by atoms with Crippen LogP contribution in [0.3, 0.4) is 0 Å². The zero-order valence-electron chi connectivity index (χ0n) is 9.83. The summed E-state index contributed by atoms with van der Waals surface area (Å²) in [7, 11) is 1.60. The van der Waals surface area contributed by atoms with E-state index in [4.69, 9.17) is 27.2 Å². The highest BCUT2D eigenvalue weighted by Crippen LogP contribution is 2.35. The molecule has 3 nitrogen and oxygen atoms in total. The molecule has 0 bridgehead atoms. The zero-order valence-corrected chi connectivity index (χ0v) is 10.6. The van der Waals surface area contributed by atoms with Crippen LogP contribution in [0.2, 0.25) is 5.02 Å². The fraction of sp³-hybridized carbons (Fsp3) is 0.500. The molecule has 0 amide bonds. The predicted octanol–water partition coefficient (Wildman–Crippen LogP) is 2.46. The van der Waals surface area contributed by atoms with E-state index < -0.39 is 6.04 Å². The van der Waals surface area contributed by atoms with Crippen molar-refractivity contribution < 1.29 is 9.84 Å². The zero-order chi connectivity index (χ0) is 12.3. The summed E-state index contributed by atoms with van der Waals surface area (Å²) in [4.78, 5) is 0. The molecule has 0 saturated carbocycles. The standard InChI is InChI=1S/C12H18ClNO2/c1-7(2)9-4-8(11(14)6-15)5-10(13)12(9)16-3/h4-5,7,11,15H,6,14H2,1-3H3. The van der Waals surface area contributed by atoms with Crippen molar-refractivity contribution in [3.8, 4) is 5.75 Å². The van der Waals surface area contributed by atoms with Crippen molar-refractivity contribution in [2.75, 3.05) is 13.7 Å². The molecule has 1 unspecified atom stereocenters. The molecule has 0 heterocycles. The van der Waals surface area contributed by atoms with Crippen molar-refractivity contribution in [2.45, 2.75) is 25.8 Å². The van der Waals surface area contributed by atoms with Gasteiger partial charge in [-0.25, -0.2) is 0 Å². The molecule has 1 rings (SSSR count). The molecule has 0 radical (unpaired) electrons. The molecular weight excluding hydrogens is 226 g/mol. The molecule has 0 aliphatic heterocycles. The number of hydrogen-bond acceptors (Lipinski definition) is 3. The smallest absolute Gasteiger partial charge is 0.140 e. The van der Waals surface area contributed by atoms with Crippen LogP contribution in [-0.4, -0.2) is 18.8 Å². The topological polar surface area (TPSA) is 55.5 Å². The van der Waals surface area contributed by atoms with Crippen LogP contribution in [0, 0.1) is 0 Å². The Labute approximate surface area is 101 Å². The number of methoxy groups -OCH3 is 1. The molecule has 1 aromatic carbocycles. The largest absolute Gasteiger partial charge is 0.495 e. The summed E-state index contributed by atoms with van der Waals surface area (Å²) in [5.74, 6) is 0.976. The van der Waals surface area contributed by atoms with Gasteiger partial charge in [0.05, 0.1) is 24.8 Å². The maximum Gasteiger partial charge on any atom is 0.140 e. The predicted molar refractivity (Wildman–Crippen MR) is 66.1 cm³/mol. The second-order valence-corrected chi connectivity index (χ2v) is 4.48. The lowest BCUT2D eigenvalue weighted by atomic mass is 9.97. The lowest BCUT2D eigenvalue weighted by Crippen LogP contribution is -2.15. The highest BCUT2D eigenvalue weighted by atomic mass is 35.5. The molecule has 3 N–H and O–H groups in total. The van der Waals surface area contributed by atoms with Crippen molar-refractivity contribution in [1.29, 1.82) is 0 Å². The van der Waals surface area contributed by atoms with Gasteiger partial charge < -0.3 is 15.6 Å². The van der Waals surface area contributed by atoms with Crippen molar-refractivity contribution in [3.63, 3.8) is 0 Å². The van der Waals surface area contributed by atoms with Gasteiger partial charge in [0.1, 0.15) is 5.75 Å². The van der Waals surface area contributed by atoms with Crippen LogP contribution < -0.4 is 10.5 Å². The first-order chi connectivity index (χ1) is 7.51. The minimum Gasteiger partial charge on any atom is -0.495 e. The third kappa shape index (κ3) is 2.67. The van der Waals surface area contributed by atoms with Gasteiger partial charge in [-0.3, -0.25) is 0 Å². The fourth-order valence-corrected chi connectivity index (χ4v) is 1.91. The Kier molecular flexibility index (Phi) is 4.59. The molecule has 90 valence electrons. The van der Waals surface area contributed by atoms with Crippen molar-refractivity contribution in [1.82, 2.24) is 0 Å². The van der Waals surface area contributed by atoms with E-state index in [1.165, 1.54) is 0 Å². The van der Waals surface area contributed by atoms with E-state index in [-0.39, 0.29) is 6.61 Å². The molecule has 0 aromatic heterocycles. The van der Waals surface area contributed by atoms with Crippen LogP contribution in [0.25, 0.3) is 0 Å². The molecule has 4 heteroatoms. The Morgan fingerprint density at radius 1 is 1.44 bits per heavy atom. The second kappa shape index (κ2) is 5.53. The number of hydrogen-bond donors (Lipinski definition) is 2. The molecule has 0 aliphatic rings. The number of benzene rings is 1. The van der Waals surface area contributed by atoms with Crippen molar-refractivity contribution in [3.05, 3.63) is 28.3 Å². The van der Waals surface area contributed by atoms with Crippen LogP contribution in [0.4, 0.5) is 0 Å². The average molecular weight is 244 g/mol. The number of ether oxygens (including phenoxy) is 1. The van der Waals surface area contributed by atoms with Gasteiger partial charge in [-0.1, -0.05) is 31.5 Å². The quantitative estimate of drug-likeness (QED) is 0.854. The number of aliphatic hydroxyl groups excluding tert-OH is 1. The summed E-state index contributed by atoms with van der Waals surface area (Å²) in [5, 5.41) is 9.57. The van der Waals surface area contributed by atoms with Gasteiger partial charge in [-0.05, 0) is 23.1 Å². The first kappa shape index (κ1) is 13.3. The van der Waals surface area contributed by atoms with E-state index in [1.807, 2.05) is 6.07 Å². The number of rotatable bonds is 4. The van der Waals surface area contributed by atoms with Crippen LogP contribution in [-0.2, 0) is 0 Å². The minimum absolute atomic E-state index is 0.0970. The molecule has 1 atom stereocenters. The van der Waals surface area contributed by atoms with Gasteiger partial charge in [0.25, 0.3) is 0 Å². The molecular formula is C12H18ClNO2. The monoisotopic (exact) mass is 243 g/mol. The summed E-state index contributed by atoms with van der Waals surface area (Å²) in [6.07, 6.45) is 0. The molecule has 0 spiro atoms. The Bertz CT molecular complexity index is 366. The minimum atomic E-state index is -0.402. The van der Waals surface area contributed by atoms with Gasteiger partial charge >= 0.3 is 0 Å². The summed E-state index contributed by atoms with van der Waals surface area (Å²) < 4.78 is 5.27. The van der Waals surface area contributed by atoms with Crippen LogP contribution in [0.5, 0.6) is 5.75 Å². The number of halogens is 1. The van der Waals surface area contributed by atoms with E-state index in [0.717, 1.165) is 11.1 Å². The van der Waals surface area contributed by atoms with E-state index >= 15 is 0 Å². The molecule has 0 aliphatic carbocycles. The summed E-state index contributed by atoms with van der Waals surface area (Å²) in [5.41, 5.74) is 7.61. The molecule has 16 heavy (non-hydrogen) atoms. The summed E-state index contributed by atoms with van der Waals surface area (Å²) in [6.45, 7) is 4.02. The van der Waals surface area contributed by atoms with Gasteiger partial charge in [0.2, 0.25) is 0 Å². The first-order valence-electron chi connectivity index (χ1n) is 5.25. The lowest BCUT2D eigenvalue weighted by molar-refractivity contribution is 0.268. The van der Waals surface area contributed by atoms with Gasteiger partial charge in [-0.15, -0.1) is 0 Å². The number of nitrogens with two attached hydrogens (primary N) is 1. The molecule has 0 saturated heterocycles. The third-order valence-corrected chi connectivity index (χ3v) is 2.83. The Hall–Kier alpha value is -0.770. The lowest BCUT2D eigenvalue weighted by Gasteiger charge is -2.17. The van der Waals surface area contributed by atoms with Gasteiger partial charge in [0.15, 0.2) is 0 Å². The van der Waals surface area contributed by atoms with Crippen LogP contribution in [0.1, 0.15) is 36.9 Å². The Morgan fingerprint density at radius 3 is 2.50 bits per heavy atom. The normalized spacial score (nSPS) is 12.9. The molecule has 0 fully saturated rings. The first-order valence-corrected chi connectivity index (χ1v) is 5.62. The SMILES string of the molecule is COc1c(Cl)cc(C(N)CO)cc1C(C)C. The highest BCUT2D eigenvalue weighted by molar-refractivity contribution is 6.32. The average Bonchev–Trinajstić information content (AvgIpc) is 2.26. The van der Waals surface area contributed by atoms with E-state index in [9.17, 15) is 0 Å². The Balaban J connectivity index is 3.28. The second-order valence-electron chi connectivity index (χ2n) is 4.07. The van der Waals surface area contributed by atoms with Crippen LogP contribution >= 0.6 is 11.6 Å². The highest BCUT2D eigenvalue weighted by Gasteiger charge is 2.15. The maximum absolute atomic E-state index is 9.04. The Morgan fingerprint density at radius 2 is 2.06 bits per heavy atom.